The van der Waals surface area contributed by atoms with Crippen LogP contribution >= 0.6 is 27.3 Å². The number of aryl methyl sites for hydroxylation is 2. The predicted octanol–water partition coefficient (Wildman–Crippen LogP) is 3.62. The predicted molar refractivity (Wildman–Crippen MR) is 92.6 cm³/mol. The second-order valence-corrected chi connectivity index (χ2v) is 7.38. The van der Waals surface area contributed by atoms with Crippen LogP contribution < -0.4 is 0 Å². The molecule has 0 radical (unpaired) electrons. The molecule has 0 unspecified atom stereocenters. The quantitative estimate of drug-likeness (QED) is 0.521. The molecule has 0 aliphatic carbocycles. The average Bonchev–Trinajstić information content (AvgIpc) is 3.15. The molecule has 0 aliphatic heterocycles. The van der Waals surface area contributed by atoms with Crippen molar-refractivity contribution in [1.82, 2.24) is 29.6 Å². The molecule has 3 aromatic heterocycles. The van der Waals surface area contributed by atoms with Crippen molar-refractivity contribution in [2.45, 2.75) is 20.4 Å². The summed E-state index contributed by atoms with van der Waals surface area (Å²) in [5.74, 6) is 0.0256. The average molecular weight is 407 g/mol. The van der Waals surface area contributed by atoms with E-state index in [0.29, 0.717) is 27.4 Å². The highest BCUT2D eigenvalue weighted by Gasteiger charge is 2.17. The largest absolute Gasteiger partial charge is 0.263 e. The smallest absolute Gasteiger partial charge is 0.235 e. The standard InChI is InChI=1S/C15H12BrFN6S/c1-8-5-9(2)22(20-8)7-13-21-23-14(18-19-15(23)24-13)11-4-3-10(16)6-12(11)17/h3-6H,7H2,1-2H3. The molecule has 122 valence electrons. The number of halogens is 2. The normalized spacial score (nSPS) is 11.5. The van der Waals surface area contributed by atoms with E-state index in [1.165, 1.54) is 17.4 Å². The first-order valence-corrected chi connectivity index (χ1v) is 8.80. The Morgan fingerprint density at radius 2 is 2.00 bits per heavy atom. The molecule has 0 N–H and O–H groups in total. The lowest BCUT2D eigenvalue weighted by Crippen LogP contribution is -2.04. The van der Waals surface area contributed by atoms with Crippen molar-refractivity contribution in [1.29, 1.82) is 0 Å². The summed E-state index contributed by atoms with van der Waals surface area (Å²) in [6, 6.07) is 6.85. The van der Waals surface area contributed by atoms with Crippen LogP contribution in [0.5, 0.6) is 0 Å². The Bertz CT molecular complexity index is 1050. The third-order valence-corrected chi connectivity index (χ3v) is 4.97. The van der Waals surface area contributed by atoms with E-state index in [-0.39, 0.29) is 5.82 Å². The summed E-state index contributed by atoms with van der Waals surface area (Å²) in [6.07, 6.45) is 0. The fourth-order valence-corrected chi connectivity index (χ4v) is 3.67. The lowest BCUT2D eigenvalue weighted by molar-refractivity contribution is 0.627. The van der Waals surface area contributed by atoms with Gasteiger partial charge in [0.1, 0.15) is 10.8 Å². The Labute approximate surface area is 149 Å². The van der Waals surface area contributed by atoms with Gasteiger partial charge in [0.25, 0.3) is 0 Å². The maximum absolute atomic E-state index is 14.2. The molecule has 3 heterocycles. The fraction of sp³-hybridized carbons (Fsp3) is 0.200. The van der Waals surface area contributed by atoms with Crippen LogP contribution in [0.3, 0.4) is 0 Å². The van der Waals surface area contributed by atoms with Crippen LogP contribution in [0, 0.1) is 19.7 Å². The van der Waals surface area contributed by atoms with Crippen LogP contribution in [0.4, 0.5) is 4.39 Å². The van der Waals surface area contributed by atoms with E-state index in [1.807, 2.05) is 24.6 Å². The summed E-state index contributed by atoms with van der Waals surface area (Å²) >= 11 is 4.67. The SMILES string of the molecule is Cc1cc(C)n(Cc2nn3c(-c4ccc(Br)cc4F)nnc3s2)n1. The number of nitrogens with zero attached hydrogens (tertiary/aromatic N) is 6. The van der Waals surface area contributed by atoms with Crippen LogP contribution in [-0.2, 0) is 6.54 Å². The highest BCUT2D eigenvalue weighted by Crippen LogP contribution is 2.26. The van der Waals surface area contributed by atoms with Gasteiger partial charge in [-0.3, -0.25) is 4.68 Å². The number of rotatable bonds is 3. The summed E-state index contributed by atoms with van der Waals surface area (Å²) in [5.41, 5.74) is 2.40. The van der Waals surface area contributed by atoms with Crippen LogP contribution in [0.25, 0.3) is 16.3 Å². The van der Waals surface area contributed by atoms with E-state index in [2.05, 4.69) is 36.3 Å². The summed E-state index contributed by atoms with van der Waals surface area (Å²) in [4.78, 5) is 0.629. The first kappa shape index (κ1) is 15.4. The minimum Gasteiger partial charge on any atom is -0.263 e. The Morgan fingerprint density at radius 3 is 2.71 bits per heavy atom. The van der Waals surface area contributed by atoms with Gasteiger partial charge < -0.3 is 0 Å². The van der Waals surface area contributed by atoms with E-state index in [9.17, 15) is 4.39 Å². The Morgan fingerprint density at radius 1 is 1.17 bits per heavy atom. The highest BCUT2D eigenvalue weighted by molar-refractivity contribution is 9.10. The summed E-state index contributed by atoms with van der Waals surface area (Å²) in [5, 5.41) is 18.0. The van der Waals surface area contributed by atoms with E-state index in [4.69, 9.17) is 0 Å². The lowest BCUT2D eigenvalue weighted by atomic mass is 10.2. The third-order valence-electron chi connectivity index (χ3n) is 3.59. The maximum atomic E-state index is 14.2. The monoisotopic (exact) mass is 406 g/mol. The van der Waals surface area contributed by atoms with Gasteiger partial charge in [-0.2, -0.15) is 14.7 Å². The zero-order chi connectivity index (χ0) is 16.8. The van der Waals surface area contributed by atoms with Crippen molar-refractivity contribution in [3.63, 3.8) is 0 Å². The van der Waals surface area contributed by atoms with Crippen molar-refractivity contribution < 1.29 is 4.39 Å². The van der Waals surface area contributed by atoms with Crippen LogP contribution in [0.2, 0.25) is 0 Å². The molecule has 6 nitrogen and oxygen atoms in total. The van der Waals surface area contributed by atoms with Crippen molar-refractivity contribution in [3.05, 3.63) is 51.0 Å². The van der Waals surface area contributed by atoms with Crippen LogP contribution in [0.1, 0.15) is 16.4 Å². The van der Waals surface area contributed by atoms with E-state index in [1.54, 1.807) is 16.6 Å². The molecular formula is C15H12BrFN6S. The van der Waals surface area contributed by atoms with E-state index in [0.717, 1.165) is 16.4 Å². The van der Waals surface area contributed by atoms with Gasteiger partial charge in [-0.1, -0.05) is 27.3 Å². The lowest BCUT2D eigenvalue weighted by Gasteiger charge is -2.01. The molecule has 0 atom stereocenters. The molecule has 9 heteroatoms. The topological polar surface area (TPSA) is 60.9 Å². The van der Waals surface area contributed by atoms with Gasteiger partial charge in [0, 0.05) is 10.2 Å². The van der Waals surface area contributed by atoms with Gasteiger partial charge >= 0.3 is 0 Å². The minimum atomic E-state index is -0.369. The molecule has 0 amide bonds. The fourth-order valence-electron chi connectivity index (χ4n) is 2.52. The molecule has 0 spiro atoms. The maximum Gasteiger partial charge on any atom is 0.235 e. The van der Waals surface area contributed by atoms with E-state index >= 15 is 0 Å². The van der Waals surface area contributed by atoms with Gasteiger partial charge in [0.2, 0.25) is 4.96 Å². The van der Waals surface area contributed by atoms with Crippen LogP contribution in [-0.4, -0.2) is 29.6 Å². The Balaban J connectivity index is 1.74. The number of benzene rings is 1. The van der Waals surface area contributed by atoms with Crippen molar-refractivity contribution in [3.8, 4) is 11.4 Å². The van der Waals surface area contributed by atoms with Gasteiger partial charge in [-0.25, -0.2) is 4.39 Å². The molecule has 0 saturated heterocycles. The van der Waals surface area contributed by atoms with Gasteiger partial charge in [-0.15, -0.1) is 10.2 Å². The molecular weight excluding hydrogens is 395 g/mol. The molecule has 0 aliphatic rings. The Hall–Kier alpha value is -2.13. The first-order chi connectivity index (χ1) is 11.5. The zero-order valence-corrected chi connectivity index (χ0v) is 15.3. The third kappa shape index (κ3) is 2.63. The van der Waals surface area contributed by atoms with Crippen molar-refractivity contribution >= 4 is 32.2 Å². The van der Waals surface area contributed by atoms with Crippen molar-refractivity contribution in [2.75, 3.05) is 0 Å². The van der Waals surface area contributed by atoms with E-state index < -0.39 is 0 Å². The molecule has 0 saturated carbocycles. The molecule has 0 bridgehead atoms. The summed E-state index contributed by atoms with van der Waals surface area (Å²) in [6.45, 7) is 4.51. The van der Waals surface area contributed by atoms with Crippen LogP contribution in [0.15, 0.2) is 28.7 Å². The first-order valence-electron chi connectivity index (χ1n) is 7.19. The molecule has 4 rings (SSSR count). The minimum absolute atomic E-state index is 0.369. The van der Waals surface area contributed by atoms with Gasteiger partial charge in [-0.05, 0) is 38.1 Å². The highest BCUT2D eigenvalue weighted by atomic mass is 79.9. The number of hydrogen-bond donors (Lipinski definition) is 0. The van der Waals surface area contributed by atoms with Crippen molar-refractivity contribution in [2.24, 2.45) is 0 Å². The van der Waals surface area contributed by atoms with Gasteiger partial charge in [0.05, 0.1) is 17.8 Å². The number of hydrogen-bond acceptors (Lipinski definition) is 5. The Kier molecular flexibility index (Phi) is 3.69. The molecule has 1 aromatic carbocycles. The second-order valence-electron chi connectivity index (χ2n) is 5.42. The zero-order valence-electron chi connectivity index (χ0n) is 12.9. The molecule has 4 aromatic rings. The summed E-state index contributed by atoms with van der Waals surface area (Å²) < 4.78 is 18.3. The second kappa shape index (κ2) is 5.75. The van der Waals surface area contributed by atoms with Gasteiger partial charge in [0.15, 0.2) is 5.82 Å². The molecule has 0 fully saturated rings. The number of fused-ring (bicyclic) bond motifs is 1. The summed E-state index contributed by atoms with van der Waals surface area (Å²) in [7, 11) is 0. The number of aromatic nitrogens is 6. The molecule has 24 heavy (non-hydrogen) atoms.